The van der Waals surface area contributed by atoms with Gasteiger partial charge in [-0.25, -0.2) is 0 Å². The third-order valence-corrected chi connectivity index (χ3v) is 3.41. The molecule has 0 aromatic heterocycles. The van der Waals surface area contributed by atoms with Crippen molar-refractivity contribution in [2.24, 2.45) is 5.92 Å². The first-order valence-electron chi connectivity index (χ1n) is 7.27. The molecule has 0 saturated heterocycles. The van der Waals surface area contributed by atoms with E-state index in [9.17, 15) is 5.11 Å². The zero-order chi connectivity index (χ0) is 15.2. The summed E-state index contributed by atoms with van der Waals surface area (Å²) < 4.78 is 5.15. The number of nitrogens with one attached hydrogen (secondary N) is 1. The van der Waals surface area contributed by atoms with E-state index in [2.05, 4.69) is 31.3 Å². The third-order valence-electron chi connectivity index (χ3n) is 3.41. The third kappa shape index (κ3) is 3.99. The molecule has 0 spiro atoms. The Bertz CT molecular complexity index is 567. The van der Waals surface area contributed by atoms with Crippen LogP contribution in [0.4, 0.5) is 0 Å². The van der Waals surface area contributed by atoms with E-state index in [-0.39, 0.29) is 11.8 Å². The highest BCUT2D eigenvalue weighted by Crippen LogP contribution is 2.32. The number of methoxy groups -OCH3 is 1. The zero-order valence-corrected chi connectivity index (χ0v) is 12.8. The van der Waals surface area contributed by atoms with E-state index in [0.717, 1.165) is 17.7 Å². The Morgan fingerprint density at radius 2 is 1.81 bits per heavy atom. The molecule has 0 aliphatic heterocycles. The summed E-state index contributed by atoms with van der Waals surface area (Å²) in [5, 5.41) is 13.8. The maximum atomic E-state index is 10.3. The van der Waals surface area contributed by atoms with Gasteiger partial charge in [-0.05, 0) is 30.2 Å². The first-order chi connectivity index (χ1) is 10.1. The maximum Gasteiger partial charge on any atom is 0.124 e. The molecule has 0 heterocycles. The van der Waals surface area contributed by atoms with Gasteiger partial charge in [-0.3, -0.25) is 0 Å². The van der Waals surface area contributed by atoms with Crippen molar-refractivity contribution in [3.63, 3.8) is 0 Å². The maximum absolute atomic E-state index is 10.3. The van der Waals surface area contributed by atoms with E-state index in [1.165, 1.54) is 0 Å². The van der Waals surface area contributed by atoms with Crippen LogP contribution >= 0.6 is 0 Å². The molecule has 0 aliphatic rings. The smallest absolute Gasteiger partial charge is 0.124 e. The molecule has 0 fully saturated rings. The molecular weight excluding hydrogens is 262 g/mol. The van der Waals surface area contributed by atoms with Gasteiger partial charge in [0.05, 0.1) is 13.2 Å². The van der Waals surface area contributed by atoms with Crippen LogP contribution in [0.5, 0.6) is 11.5 Å². The molecule has 0 radical (unpaired) electrons. The quantitative estimate of drug-likeness (QED) is 0.849. The molecule has 0 aliphatic carbocycles. The van der Waals surface area contributed by atoms with Crippen LogP contribution in [0.1, 0.15) is 31.0 Å². The predicted molar refractivity (Wildman–Crippen MR) is 85.8 cm³/mol. The second kappa shape index (κ2) is 7.14. The Hall–Kier alpha value is -2.00. The Balaban J connectivity index is 2.35. The van der Waals surface area contributed by atoms with Crippen molar-refractivity contribution in [3.8, 4) is 11.5 Å². The van der Waals surface area contributed by atoms with Crippen LogP contribution in [0.15, 0.2) is 48.5 Å². The van der Waals surface area contributed by atoms with Gasteiger partial charge in [0.1, 0.15) is 11.5 Å². The molecule has 1 atom stereocenters. The predicted octanol–water partition coefficient (Wildman–Crippen LogP) is 3.74. The minimum absolute atomic E-state index is 0.0282. The first-order valence-corrected chi connectivity index (χ1v) is 7.27. The lowest BCUT2D eigenvalue weighted by Gasteiger charge is -2.22. The SMILES string of the molecule is COc1ccc(C(NCC(C)C)c2ccccc2)c(O)c1. The summed E-state index contributed by atoms with van der Waals surface area (Å²) in [5.74, 6) is 1.45. The fourth-order valence-corrected chi connectivity index (χ4v) is 2.30. The number of benzene rings is 2. The molecule has 2 rings (SSSR count). The van der Waals surface area contributed by atoms with Crippen molar-refractivity contribution in [1.29, 1.82) is 0 Å². The summed E-state index contributed by atoms with van der Waals surface area (Å²) >= 11 is 0. The van der Waals surface area contributed by atoms with Crippen LogP contribution in [-0.4, -0.2) is 18.8 Å². The standard InChI is InChI=1S/C18H23NO2/c1-13(2)12-19-18(14-7-5-4-6-8-14)16-10-9-15(21-3)11-17(16)20/h4-11,13,18-20H,12H2,1-3H3. The summed E-state index contributed by atoms with van der Waals surface area (Å²) in [4.78, 5) is 0. The Kier molecular flexibility index (Phi) is 5.23. The fourth-order valence-electron chi connectivity index (χ4n) is 2.30. The van der Waals surface area contributed by atoms with E-state index < -0.39 is 0 Å². The summed E-state index contributed by atoms with van der Waals surface area (Å²) in [6, 6.07) is 15.6. The number of phenolic OH excluding ortho intramolecular Hbond substituents is 1. The lowest BCUT2D eigenvalue weighted by Crippen LogP contribution is -2.26. The van der Waals surface area contributed by atoms with Crippen molar-refractivity contribution in [1.82, 2.24) is 5.32 Å². The van der Waals surface area contributed by atoms with Crippen molar-refractivity contribution in [2.45, 2.75) is 19.9 Å². The van der Waals surface area contributed by atoms with Gasteiger partial charge in [0, 0.05) is 11.6 Å². The van der Waals surface area contributed by atoms with Crippen molar-refractivity contribution >= 4 is 0 Å². The average molecular weight is 285 g/mol. The number of rotatable bonds is 6. The van der Waals surface area contributed by atoms with E-state index in [1.54, 1.807) is 13.2 Å². The lowest BCUT2D eigenvalue weighted by molar-refractivity contribution is 0.404. The second-order valence-electron chi connectivity index (χ2n) is 5.57. The molecule has 0 saturated carbocycles. The van der Waals surface area contributed by atoms with Gasteiger partial charge in [-0.15, -0.1) is 0 Å². The van der Waals surface area contributed by atoms with Crippen LogP contribution in [0.3, 0.4) is 0 Å². The van der Waals surface area contributed by atoms with Crippen LogP contribution in [0.25, 0.3) is 0 Å². The monoisotopic (exact) mass is 285 g/mol. The van der Waals surface area contributed by atoms with Crippen LogP contribution in [0.2, 0.25) is 0 Å². The molecule has 0 bridgehead atoms. The van der Waals surface area contributed by atoms with Crippen molar-refractivity contribution in [3.05, 3.63) is 59.7 Å². The summed E-state index contributed by atoms with van der Waals surface area (Å²) in [6.45, 7) is 5.22. The van der Waals surface area contributed by atoms with E-state index in [4.69, 9.17) is 4.74 Å². The van der Waals surface area contributed by atoms with Crippen molar-refractivity contribution < 1.29 is 9.84 Å². The number of hydrogen-bond donors (Lipinski definition) is 2. The molecule has 2 N–H and O–H groups in total. The average Bonchev–Trinajstić information content (AvgIpc) is 2.49. The number of aromatic hydroxyl groups is 1. The first kappa shape index (κ1) is 15.4. The van der Waals surface area contributed by atoms with Gasteiger partial charge >= 0.3 is 0 Å². The highest BCUT2D eigenvalue weighted by atomic mass is 16.5. The van der Waals surface area contributed by atoms with Crippen LogP contribution in [-0.2, 0) is 0 Å². The molecule has 2 aromatic rings. The van der Waals surface area contributed by atoms with Crippen LogP contribution in [0, 0.1) is 5.92 Å². The Labute approximate surface area is 126 Å². The number of hydrogen-bond acceptors (Lipinski definition) is 3. The molecule has 3 nitrogen and oxygen atoms in total. The second-order valence-corrected chi connectivity index (χ2v) is 5.57. The Morgan fingerprint density at radius 1 is 1.10 bits per heavy atom. The zero-order valence-electron chi connectivity index (χ0n) is 12.8. The van der Waals surface area contributed by atoms with Gasteiger partial charge in [0.2, 0.25) is 0 Å². The summed E-state index contributed by atoms with van der Waals surface area (Å²) in [7, 11) is 1.60. The molecule has 0 amide bonds. The summed E-state index contributed by atoms with van der Waals surface area (Å²) in [5.41, 5.74) is 2.00. The highest BCUT2D eigenvalue weighted by molar-refractivity contribution is 5.45. The normalized spacial score (nSPS) is 12.4. The highest BCUT2D eigenvalue weighted by Gasteiger charge is 2.17. The van der Waals surface area contributed by atoms with E-state index >= 15 is 0 Å². The molecule has 2 aromatic carbocycles. The van der Waals surface area contributed by atoms with Gasteiger partial charge in [-0.2, -0.15) is 0 Å². The van der Waals surface area contributed by atoms with Gasteiger partial charge in [0.15, 0.2) is 0 Å². The van der Waals surface area contributed by atoms with Gasteiger partial charge < -0.3 is 15.2 Å². The van der Waals surface area contributed by atoms with Gasteiger partial charge in [0.25, 0.3) is 0 Å². The topological polar surface area (TPSA) is 41.5 Å². The minimum Gasteiger partial charge on any atom is -0.507 e. The molecular formula is C18H23NO2. The summed E-state index contributed by atoms with van der Waals surface area (Å²) in [6.07, 6.45) is 0. The largest absolute Gasteiger partial charge is 0.507 e. The minimum atomic E-state index is -0.0282. The lowest BCUT2D eigenvalue weighted by atomic mass is 9.97. The van der Waals surface area contributed by atoms with Gasteiger partial charge in [-0.1, -0.05) is 44.2 Å². The van der Waals surface area contributed by atoms with Crippen molar-refractivity contribution in [2.75, 3.05) is 13.7 Å². The number of phenols is 1. The van der Waals surface area contributed by atoms with Crippen LogP contribution < -0.4 is 10.1 Å². The molecule has 3 heteroatoms. The molecule has 112 valence electrons. The number of ether oxygens (including phenoxy) is 1. The van der Waals surface area contributed by atoms with E-state index in [1.807, 2.05) is 30.3 Å². The fraction of sp³-hybridized carbons (Fsp3) is 0.333. The van der Waals surface area contributed by atoms with E-state index in [0.29, 0.717) is 11.7 Å². The molecule has 21 heavy (non-hydrogen) atoms. The molecule has 1 unspecified atom stereocenters. The Morgan fingerprint density at radius 3 is 2.38 bits per heavy atom.